The smallest absolute Gasteiger partial charge is 0.265 e. The molecule has 3 rings (SSSR count). The fourth-order valence-corrected chi connectivity index (χ4v) is 2.54. The SMILES string of the molecule is C/C(=N\OCC(=O)Nc1ccc(Cl)cc1C)c1ccc2c(c1)OCO2. The lowest BCUT2D eigenvalue weighted by atomic mass is 10.1. The van der Waals surface area contributed by atoms with E-state index < -0.39 is 0 Å². The second-order valence-electron chi connectivity index (χ2n) is 5.53. The summed E-state index contributed by atoms with van der Waals surface area (Å²) < 4.78 is 10.6. The highest BCUT2D eigenvalue weighted by Crippen LogP contribution is 2.32. The minimum Gasteiger partial charge on any atom is -0.454 e. The lowest BCUT2D eigenvalue weighted by Crippen LogP contribution is -2.18. The monoisotopic (exact) mass is 360 g/mol. The Balaban J connectivity index is 1.56. The van der Waals surface area contributed by atoms with Gasteiger partial charge < -0.3 is 19.6 Å². The quantitative estimate of drug-likeness (QED) is 0.651. The van der Waals surface area contributed by atoms with Gasteiger partial charge >= 0.3 is 0 Å². The fourth-order valence-electron chi connectivity index (χ4n) is 2.32. The number of hydrogen-bond donors (Lipinski definition) is 1. The van der Waals surface area contributed by atoms with Gasteiger partial charge in [-0.25, -0.2) is 0 Å². The average Bonchev–Trinajstić information content (AvgIpc) is 3.05. The molecule has 0 bridgehead atoms. The Hall–Kier alpha value is -2.73. The van der Waals surface area contributed by atoms with Crippen LogP contribution in [0.3, 0.4) is 0 Å². The molecule has 1 aliphatic heterocycles. The van der Waals surface area contributed by atoms with Crippen LogP contribution in [0.25, 0.3) is 0 Å². The number of nitrogens with one attached hydrogen (secondary N) is 1. The predicted octanol–water partition coefficient (Wildman–Crippen LogP) is 3.76. The molecule has 1 amide bonds. The number of amides is 1. The van der Waals surface area contributed by atoms with Gasteiger partial charge in [0.1, 0.15) is 0 Å². The predicted molar refractivity (Wildman–Crippen MR) is 95.5 cm³/mol. The molecule has 0 saturated heterocycles. The Labute approximate surface area is 150 Å². The Kier molecular flexibility index (Phi) is 5.09. The van der Waals surface area contributed by atoms with Crippen molar-refractivity contribution in [3.05, 3.63) is 52.5 Å². The van der Waals surface area contributed by atoms with Crippen molar-refractivity contribution in [2.24, 2.45) is 5.16 Å². The number of halogens is 1. The lowest BCUT2D eigenvalue weighted by molar-refractivity contribution is -0.120. The van der Waals surface area contributed by atoms with Crippen molar-refractivity contribution < 1.29 is 19.1 Å². The highest BCUT2D eigenvalue weighted by Gasteiger charge is 2.14. The molecule has 0 atom stereocenters. The van der Waals surface area contributed by atoms with Gasteiger partial charge in [0, 0.05) is 16.3 Å². The van der Waals surface area contributed by atoms with Crippen LogP contribution in [-0.4, -0.2) is 25.0 Å². The number of nitrogens with zero attached hydrogens (tertiary/aromatic N) is 1. The van der Waals surface area contributed by atoms with E-state index >= 15 is 0 Å². The van der Waals surface area contributed by atoms with Crippen molar-refractivity contribution in [1.29, 1.82) is 0 Å². The summed E-state index contributed by atoms with van der Waals surface area (Å²) in [5.41, 5.74) is 3.03. The van der Waals surface area contributed by atoms with Gasteiger partial charge in [-0.2, -0.15) is 0 Å². The zero-order valence-corrected chi connectivity index (χ0v) is 14.6. The molecule has 7 heteroatoms. The normalized spacial score (nSPS) is 12.8. The molecule has 2 aromatic carbocycles. The second-order valence-corrected chi connectivity index (χ2v) is 5.96. The molecule has 1 aliphatic rings. The molecule has 130 valence electrons. The lowest BCUT2D eigenvalue weighted by Gasteiger charge is -2.08. The molecule has 25 heavy (non-hydrogen) atoms. The molecule has 0 aliphatic carbocycles. The zero-order valence-electron chi connectivity index (χ0n) is 13.8. The van der Waals surface area contributed by atoms with Crippen molar-refractivity contribution in [3.8, 4) is 11.5 Å². The van der Waals surface area contributed by atoms with Gasteiger partial charge in [0.25, 0.3) is 5.91 Å². The van der Waals surface area contributed by atoms with Gasteiger partial charge in [0.2, 0.25) is 6.79 Å². The maximum absolute atomic E-state index is 11.9. The Morgan fingerprint density at radius 1 is 1.24 bits per heavy atom. The fraction of sp³-hybridized carbons (Fsp3) is 0.222. The van der Waals surface area contributed by atoms with Crippen molar-refractivity contribution in [3.63, 3.8) is 0 Å². The largest absolute Gasteiger partial charge is 0.454 e. The first kappa shape index (κ1) is 17.1. The maximum atomic E-state index is 11.9. The molecule has 0 spiro atoms. The first-order valence-electron chi connectivity index (χ1n) is 7.65. The highest BCUT2D eigenvalue weighted by molar-refractivity contribution is 6.30. The number of hydrogen-bond acceptors (Lipinski definition) is 5. The number of oxime groups is 1. The third kappa shape index (κ3) is 4.22. The molecule has 1 heterocycles. The van der Waals surface area contributed by atoms with E-state index in [1.165, 1.54) is 0 Å². The summed E-state index contributed by atoms with van der Waals surface area (Å²) in [5.74, 6) is 1.07. The third-order valence-electron chi connectivity index (χ3n) is 3.65. The van der Waals surface area contributed by atoms with Crippen LogP contribution in [0.1, 0.15) is 18.1 Å². The molecule has 6 nitrogen and oxygen atoms in total. The third-order valence-corrected chi connectivity index (χ3v) is 3.89. The number of fused-ring (bicyclic) bond motifs is 1. The van der Waals surface area contributed by atoms with E-state index in [0.29, 0.717) is 27.9 Å². The Morgan fingerprint density at radius 2 is 2.04 bits per heavy atom. The summed E-state index contributed by atoms with van der Waals surface area (Å²) in [7, 11) is 0. The molecule has 0 fully saturated rings. The van der Waals surface area contributed by atoms with Gasteiger partial charge in [-0.05, 0) is 55.8 Å². The van der Waals surface area contributed by atoms with Crippen molar-refractivity contribution in [1.82, 2.24) is 0 Å². The van der Waals surface area contributed by atoms with Crippen LogP contribution in [0, 0.1) is 6.92 Å². The zero-order chi connectivity index (χ0) is 17.8. The van der Waals surface area contributed by atoms with Crippen LogP contribution in [-0.2, 0) is 9.63 Å². The number of anilines is 1. The van der Waals surface area contributed by atoms with E-state index in [1.807, 2.05) is 25.1 Å². The van der Waals surface area contributed by atoms with Crippen molar-refractivity contribution >= 4 is 28.9 Å². The topological polar surface area (TPSA) is 69.2 Å². The molecule has 2 aromatic rings. The van der Waals surface area contributed by atoms with Crippen LogP contribution < -0.4 is 14.8 Å². The molecular weight excluding hydrogens is 344 g/mol. The number of carbonyl (C=O) groups is 1. The van der Waals surface area contributed by atoms with E-state index in [-0.39, 0.29) is 19.3 Å². The molecule has 1 N–H and O–H groups in total. The number of aryl methyl sites for hydroxylation is 1. The van der Waals surface area contributed by atoms with E-state index in [9.17, 15) is 4.79 Å². The maximum Gasteiger partial charge on any atom is 0.265 e. The second kappa shape index (κ2) is 7.44. The molecular formula is C18H17ClN2O4. The van der Waals surface area contributed by atoms with Gasteiger partial charge in [0.15, 0.2) is 18.1 Å². The standard InChI is InChI=1S/C18H17ClN2O4/c1-11-7-14(19)4-5-15(11)20-18(22)9-25-21-12(2)13-3-6-16-17(8-13)24-10-23-16/h3-8H,9-10H2,1-2H3,(H,20,22)/b21-12+. The minimum absolute atomic E-state index is 0.191. The van der Waals surface area contributed by atoms with Gasteiger partial charge in [0.05, 0.1) is 5.71 Å². The summed E-state index contributed by atoms with van der Waals surface area (Å²) in [5, 5.41) is 7.35. The van der Waals surface area contributed by atoms with Crippen LogP contribution in [0.4, 0.5) is 5.69 Å². The molecule has 0 radical (unpaired) electrons. The van der Waals surface area contributed by atoms with Gasteiger partial charge in [-0.1, -0.05) is 16.8 Å². The summed E-state index contributed by atoms with van der Waals surface area (Å²) >= 11 is 5.89. The number of rotatable bonds is 5. The number of benzene rings is 2. The summed E-state index contributed by atoms with van der Waals surface area (Å²) in [6, 6.07) is 10.7. The van der Waals surface area contributed by atoms with E-state index in [0.717, 1.165) is 11.1 Å². The number of ether oxygens (including phenoxy) is 2. The van der Waals surface area contributed by atoms with E-state index in [1.54, 1.807) is 25.1 Å². The van der Waals surface area contributed by atoms with Crippen LogP contribution in [0.5, 0.6) is 11.5 Å². The van der Waals surface area contributed by atoms with E-state index in [2.05, 4.69) is 10.5 Å². The van der Waals surface area contributed by atoms with Crippen LogP contribution in [0.2, 0.25) is 5.02 Å². The van der Waals surface area contributed by atoms with Gasteiger partial charge in [-0.3, -0.25) is 4.79 Å². The van der Waals surface area contributed by atoms with Crippen molar-refractivity contribution in [2.75, 3.05) is 18.7 Å². The first-order valence-corrected chi connectivity index (χ1v) is 8.03. The summed E-state index contributed by atoms with van der Waals surface area (Å²) in [6.45, 7) is 3.68. The molecule has 0 unspecified atom stereocenters. The Morgan fingerprint density at radius 3 is 2.84 bits per heavy atom. The minimum atomic E-state index is -0.298. The van der Waals surface area contributed by atoms with Crippen LogP contribution >= 0.6 is 11.6 Å². The van der Waals surface area contributed by atoms with E-state index in [4.69, 9.17) is 25.9 Å². The van der Waals surface area contributed by atoms with Gasteiger partial charge in [-0.15, -0.1) is 0 Å². The molecule has 0 aromatic heterocycles. The average molecular weight is 361 g/mol. The number of carbonyl (C=O) groups excluding carboxylic acids is 1. The summed E-state index contributed by atoms with van der Waals surface area (Å²) in [6.07, 6.45) is 0. The van der Waals surface area contributed by atoms with Crippen LogP contribution in [0.15, 0.2) is 41.6 Å². The first-order chi connectivity index (χ1) is 12.0. The summed E-state index contributed by atoms with van der Waals surface area (Å²) in [4.78, 5) is 17.1. The van der Waals surface area contributed by atoms with Crippen molar-refractivity contribution in [2.45, 2.75) is 13.8 Å². The highest BCUT2D eigenvalue weighted by atomic mass is 35.5. The molecule has 0 saturated carbocycles. The Bertz CT molecular complexity index is 836.